The van der Waals surface area contributed by atoms with Crippen LogP contribution in [0.15, 0.2) is 18.2 Å². The number of carbonyl (C=O) groups excluding carboxylic acids is 1. The van der Waals surface area contributed by atoms with Crippen molar-refractivity contribution in [3.8, 4) is 0 Å². The van der Waals surface area contributed by atoms with Crippen LogP contribution in [0, 0.1) is 5.82 Å². The van der Waals surface area contributed by atoms with Crippen LogP contribution in [0.3, 0.4) is 0 Å². The largest absolute Gasteiger partial charge is 0.481 e. The van der Waals surface area contributed by atoms with Gasteiger partial charge in [0.15, 0.2) is 0 Å². The summed E-state index contributed by atoms with van der Waals surface area (Å²) in [7, 11) is 0. The highest BCUT2D eigenvalue weighted by Gasteiger charge is 2.21. The summed E-state index contributed by atoms with van der Waals surface area (Å²) in [6.45, 7) is 0. The summed E-state index contributed by atoms with van der Waals surface area (Å²) in [4.78, 5) is 22.3. The monoisotopic (exact) mass is 293 g/mol. The van der Waals surface area contributed by atoms with E-state index in [0.29, 0.717) is 19.3 Å². The molecule has 0 aromatic heterocycles. The van der Waals surface area contributed by atoms with Crippen molar-refractivity contribution in [2.75, 3.05) is 0 Å². The maximum atomic E-state index is 13.2. The summed E-state index contributed by atoms with van der Waals surface area (Å²) < 4.78 is 13.2. The van der Waals surface area contributed by atoms with Crippen LogP contribution in [0.4, 0.5) is 4.39 Å². The lowest BCUT2D eigenvalue weighted by atomic mass is 9.87. The summed E-state index contributed by atoms with van der Waals surface area (Å²) in [5, 5.41) is 11.5. The van der Waals surface area contributed by atoms with Crippen molar-refractivity contribution in [1.82, 2.24) is 5.32 Å². The minimum atomic E-state index is -0.835. The van der Waals surface area contributed by atoms with Crippen molar-refractivity contribution in [2.45, 2.75) is 51.0 Å². The number of fused-ring (bicyclic) bond motifs is 1. The number of benzene rings is 1. The van der Waals surface area contributed by atoms with E-state index in [-0.39, 0.29) is 24.2 Å². The van der Waals surface area contributed by atoms with E-state index in [1.807, 2.05) is 0 Å². The Balaban J connectivity index is 1.86. The molecule has 0 radical (unpaired) electrons. The Morgan fingerprint density at radius 2 is 2.05 bits per heavy atom. The molecule has 1 atom stereocenters. The standard InChI is InChI=1S/C16H20FNO3/c17-12-8-9-13-11(10-12)4-3-5-14(13)18-15(19)6-1-2-7-16(20)21/h8-10,14H,1-7H2,(H,18,19)(H,20,21). The molecule has 1 amide bonds. The molecule has 0 fully saturated rings. The number of hydrogen-bond donors (Lipinski definition) is 2. The van der Waals surface area contributed by atoms with Crippen LogP contribution in [0.5, 0.6) is 0 Å². The number of unbranched alkanes of at least 4 members (excludes halogenated alkanes) is 1. The Morgan fingerprint density at radius 1 is 1.29 bits per heavy atom. The number of aliphatic carboxylic acids is 1. The second kappa shape index (κ2) is 7.20. The molecule has 0 spiro atoms. The molecule has 4 nitrogen and oxygen atoms in total. The lowest BCUT2D eigenvalue weighted by Crippen LogP contribution is -2.30. The van der Waals surface area contributed by atoms with Crippen LogP contribution < -0.4 is 5.32 Å². The van der Waals surface area contributed by atoms with Crippen molar-refractivity contribution < 1.29 is 19.1 Å². The summed E-state index contributed by atoms with van der Waals surface area (Å²) >= 11 is 0. The van der Waals surface area contributed by atoms with Gasteiger partial charge in [-0.25, -0.2) is 4.39 Å². The van der Waals surface area contributed by atoms with E-state index in [1.165, 1.54) is 6.07 Å². The molecule has 1 aromatic rings. The van der Waals surface area contributed by atoms with Gasteiger partial charge in [-0.3, -0.25) is 9.59 Å². The van der Waals surface area contributed by atoms with Gasteiger partial charge in [-0.15, -0.1) is 0 Å². The van der Waals surface area contributed by atoms with Crippen LogP contribution in [0.25, 0.3) is 0 Å². The highest BCUT2D eigenvalue weighted by molar-refractivity contribution is 5.76. The van der Waals surface area contributed by atoms with Crippen LogP contribution in [0.1, 0.15) is 55.7 Å². The first-order valence-electron chi connectivity index (χ1n) is 7.36. The molecule has 21 heavy (non-hydrogen) atoms. The van der Waals surface area contributed by atoms with Crippen molar-refractivity contribution in [2.24, 2.45) is 0 Å². The number of nitrogens with one attached hydrogen (secondary N) is 1. The van der Waals surface area contributed by atoms with E-state index < -0.39 is 5.97 Å². The van der Waals surface area contributed by atoms with Gasteiger partial charge in [-0.1, -0.05) is 6.07 Å². The summed E-state index contributed by atoms with van der Waals surface area (Å²) in [5.41, 5.74) is 1.97. The van der Waals surface area contributed by atoms with Crippen LogP contribution in [-0.2, 0) is 16.0 Å². The van der Waals surface area contributed by atoms with Gasteiger partial charge in [0.25, 0.3) is 0 Å². The second-order valence-electron chi connectivity index (χ2n) is 5.46. The third-order valence-electron chi connectivity index (χ3n) is 3.80. The van der Waals surface area contributed by atoms with Gasteiger partial charge in [-0.05, 0) is 55.4 Å². The third kappa shape index (κ3) is 4.55. The van der Waals surface area contributed by atoms with E-state index in [4.69, 9.17) is 5.11 Å². The van der Waals surface area contributed by atoms with Gasteiger partial charge in [0.1, 0.15) is 5.82 Å². The van der Waals surface area contributed by atoms with Gasteiger partial charge < -0.3 is 10.4 Å². The fraction of sp³-hybridized carbons (Fsp3) is 0.500. The highest BCUT2D eigenvalue weighted by atomic mass is 19.1. The lowest BCUT2D eigenvalue weighted by molar-refractivity contribution is -0.137. The van der Waals surface area contributed by atoms with Crippen LogP contribution in [0.2, 0.25) is 0 Å². The Kier molecular flexibility index (Phi) is 5.31. The fourth-order valence-electron chi connectivity index (χ4n) is 2.76. The number of aryl methyl sites for hydroxylation is 1. The molecule has 1 aromatic carbocycles. The molecule has 1 unspecified atom stereocenters. The number of halogens is 1. The van der Waals surface area contributed by atoms with Gasteiger partial charge in [0.05, 0.1) is 6.04 Å². The Morgan fingerprint density at radius 3 is 2.81 bits per heavy atom. The molecular weight excluding hydrogens is 273 g/mol. The van der Waals surface area contributed by atoms with E-state index >= 15 is 0 Å². The average molecular weight is 293 g/mol. The molecule has 0 aliphatic heterocycles. The van der Waals surface area contributed by atoms with Crippen molar-refractivity contribution in [1.29, 1.82) is 0 Å². The molecule has 0 saturated heterocycles. The average Bonchev–Trinajstić information content (AvgIpc) is 2.43. The zero-order valence-corrected chi connectivity index (χ0v) is 11.9. The zero-order chi connectivity index (χ0) is 15.2. The molecule has 0 bridgehead atoms. The molecule has 0 saturated carbocycles. The maximum Gasteiger partial charge on any atom is 0.303 e. The maximum absolute atomic E-state index is 13.2. The number of carboxylic acid groups (broad SMARTS) is 1. The van der Waals surface area contributed by atoms with Crippen LogP contribution in [-0.4, -0.2) is 17.0 Å². The Labute approximate surface area is 123 Å². The van der Waals surface area contributed by atoms with Gasteiger partial charge in [0, 0.05) is 12.8 Å². The molecule has 114 valence electrons. The highest BCUT2D eigenvalue weighted by Crippen LogP contribution is 2.30. The first-order valence-corrected chi connectivity index (χ1v) is 7.36. The number of hydrogen-bond acceptors (Lipinski definition) is 2. The first-order chi connectivity index (χ1) is 10.1. The minimum Gasteiger partial charge on any atom is -0.481 e. The fourth-order valence-corrected chi connectivity index (χ4v) is 2.76. The van der Waals surface area contributed by atoms with Gasteiger partial charge >= 0.3 is 5.97 Å². The topological polar surface area (TPSA) is 66.4 Å². The minimum absolute atomic E-state index is 0.0543. The third-order valence-corrected chi connectivity index (χ3v) is 3.80. The molecular formula is C16H20FNO3. The molecule has 2 N–H and O–H groups in total. The van der Waals surface area contributed by atoms with Gasteiger partial charge in [0.2, 0.25) is 5.91 Å². The molecule has 5 heteroatoms. The Hall–Kier alpha value is -1.91. The summed E-state index contributed by atoms with van der Waals surface area (Å²) in [6.07, 6.45) is 4.15. The number of amides is 1. The van der Waals surface area contributed by atoms with Crippen molar-refractivity contribution >= 4 is 11.9 Å². The van der Waals surface area contributed by atoms with Gasteiger partial charge in [-0.2, -0.15) is 0 Å². The molecule has 1 aliphatic carbocycles. The van der Waals surface area contributed by atoms with E-state index in [9.17, 15) is 14.0 Å². The SMILES string of the molecule is O=C(O)CCCCC(=O)NC1CCCc2cc(F)ccc21. The van der Waals surface area contributed by atoms with E-state index in [0.717, 1.165) is 30.4 Å². The Bertz CT molecular complexity index is 530. The van der Waals surface area contributed by atoms with Crippen LogP contribution >= 0.6 is 0 Å². The summed E-state index contributed by atoms with van der Waals surface area (Å²) in [6, 6.07) is 4.66. The number of carbonyl (C=O) groups is 2. The van der Waals surface area contributed by atoms with E-state index in [1.54, 1.807) is 12.1 Å². The molecule has 2 rings (SSSR count). The van der Waals surface area contributed by atoms with Crippen molar-refractivity contribution in [3.05, 3.63) is 35.1 Å². The lowest BCUT2D eigenvalue weighted by Gasteiger charge is -2.26. The number of rotatable bonds is 6. The zero-order valence-electron chi connectivity index (χ0n) is 11.9. The quantitative estimate of drug-likeness (QED) is 0.792. The van der Waals surface area contributed by atoms with Crippen molar-refractivity contribution in [3.63, 3.8) is 0 Å². The first kappa shape index (κ1) is 15.5. The van der Waals surface area contributed by atoms with E-state index in [2.05, 4.69) is 5.32 Å². The normalized spacial score (nSPS) is 17.1. The smallest absolute Gasteiger partial charge is 0.303 e. The summed E-state index contributed by atoms with van der Waals surface area (Å²) in [5.74, 6) is -1.14. The predicted octanol–water partition coefficient (Wildman–Crippen LogP) is 2.96. The molecule has 0 heterocycles. The second-order valence-corrected chi connectivity index (χ2v) is 5.46. The number of carboxylic acids is 1. The predicted molar refractivity (Wildman–Crippen MR) is 76.3 cm³/mol. The molecule has 1 aliphatic rings.